The minimum Gasteiger partial charge on any atom is -0.381 e. The first-order chi connectivity index (χ1) is 13.2. The first-order valence-electron chi connectivity index (χ1n) is 9.93. The zero-order chi connectivity index (χ0) is 18.6. The molecule has 0 spiro atoms. The minimum atomic E-state index is 0.139. The Bertz CT molecular complexity index is 745. The van der Waals surface area contributed by atoms with Crippen LogP contribution < -0.4 is 16.8 Å². The number of aromatic nitrogens is 2. The monoisotopic (exact) mass is 387 g/mol. The zero-order valence-electron chi connectivity index (χ0n) is 15.6. The van der Waals surface area contributed by atoms with Gasteiger partial charge in [-0.25, -0.2) is 4.98 Å². The van der Waals surface area contributed by atoms with Crippen molar-refractivity contribution >= 4 is 16.5 Å². The van der Waals surface area contributed by atoms with Gasteiger partial charge in [-0.3, -0.25) is 4.98 Å². The van der Waals surface area contributed by atoms with Gasteiger partial charge < -0.3 is 21.5 Å². The standard InChI is InChI=1S/C20H29N5OS/c21-15-1-2-17(22)16(10-15)18-9-14(3-6-23-18)19-12-27-20(25-19)24-11-13-4-7-26-8-5-13/h3,6,9,12-13,15-17H,1-2,4-5,7-8,10-11,21-22H2,(H,24,25). The normalized spacial score (nSPS) is 26.8. The number of anilines is 1. The number of nitrogens with two attached hydrogens (primary N) is 2. The van der Waals surface area contributed by atoms with Crippen LogP contribution in [0.3, 0.4) is 0 Å². The van der Waals surface area contributed by atoms with E-state index in [-0.39, 0.29) is 18.0 Å². The Kier molecular flexibility index (Phi) is 6.02. The minimum absolute atomic E-state index is 0.139. The van der Waals surface area contributed by atoms with E-state index in [4.69, 9.17) is 21.2 Å². The molecule has 6 nitrogen and oxygen atoms in total. The molecule has 3 heterocycles. The number of rotatable bonds is 5. The highest BCUT2D eigenvalue weighted by Crippen LogP contribution is 2.33. The summed E-state index contributed by atoms with van der Waals surface area (Å²) in [6.45, 7) is 2.72. The molecule has 146 valence electrons. The Morgan fingerprint density at radius 1 is 1.19 bits per heavy atom. The molecule has 0 aromatic carbocycles. The van der Waals surface area contributed by atoms with E-state index in [0.29, 0.717) is 5.92 Å². The van der Waals surface area contributed by atoms with Gasteiger partial charge >= 0.3 is 0 Å². The maximum atomic E-state index is 6.35. The fourth-order valence-electron chi connectivity index (χ4n) is 4.05. The molecular formula is C20H29N5OS. The highest BCUT2D eigenvalue weighted by Gasteiger charge is 2.28. The van der Waals surface area contributed by atoms with Gasteiger partial charge in [-0.1, -0.05) is 0 Å². The summed E-state index contributed by atoms with van der Waals surface area (Å²) in [6.07, 6.45) is 7.00. The van der Waals surface area contributed by atoms with Crippen LogP contribution in [-0.2, 0) is 4.74 Å². The average molecular weight is 388 g/mol. The molecule has 27 heavy (non-hydrogen) atoms. The van der Waals surface area contributed by atoms with Gasteiger partial charge in [0.05, 0.1) is 5.69 Å². The Morgan fingerprint density at radius 2 is 2.04 bits per heavy atom. The van der Waals surface area contributed by atoms with Crippen molar-refractivity contribution in [1.82, 2.24) is 9.97 Å². The van der Waals surface area contributed by atoms with Crippen molar-refractivity contribution in [2.45, 2.75) is 50.1 Å². The van der Waals surface area contributed by atoms with E-state index < -0.39 is 0 Å². The third kappa shape index (κ3) is 4.66. The van der Waals surface area contributed by atoms with E-state index in [2.05, 4.69) is 21.7 Å². The van der Waals surface area contributed by atoms with Crippen molar-refractivity contribution < 1.29 is 4.74 Å². The fraction of sp³-hybridized carbons (Fsp3) is 0.600. The summed E-state index contributed by atoms with van der Waals surface area (Å²) in [4.78, 5) is 9.37. The maximum Gasteiger partial charge on any atom is 0.183 e. The van der Waals surface area contributed by atoms with E-state index in [1.807, 2.05) is 12.3 Å². The molecule has 2 aromatic rings. The fourth-order valence-corrected chi connectivity index (χ4v) is 4.78. The van der Waals surface area contributed by atoms with Gasteiger partial charge in [0.1, 0.15) is 0 Å². The molecule has 1 aliphatic heterocycles. The van der Waals surface area contributed by atoms with Crippen LogP contribution in [0.1, 0.15) is 43.7 Å². The Hall–Kier alpha value is -1.54. The van der Waals surface area contributed by atoms with E-state index in [1.54, 1.807) is 11.3 Å². The van der Waals surface area contributed by atoms with Crippen molar-refractivity contribution in [3.05, 3.63) is 29.4 Å². The van der Waals surface area contributed by atoms with Gasteiger partial charge in [0.2, 0.25) is 0 Å². The van der Waals surface area contributed by atoms with Crippen LogP contribution in [0.25, 0.3) is 11.3 Å². The van der Waals surface area contributed by atoms with E-state index in [0.717, 1.165) is 73.9 Å². The van der Waals surface area contributed by atoms with Crippen molar-refractivity contribution in [2.75, 3.05) is 25.1 Å². The summed E-state index contributed by atoms with van der Waals surface area (Å²) in [5.74, 6) is 0.911. The zero-order valence-corrected chi connectivity index (χ0v) is 16.5. The van der Waals surface area contributed by atoms with Crippen molar-refractivity contribution in [3.8, 4) is 11.3 Å². The highest BCUT2D eigenvalue weighted by atomic mass is 32.1. The molecule has 1 saturated carbocycles. The molecule has 2 aliphatic rings. The summed E-state index contributed by atoms with van der Waals surface area (Å²) < 4.78 is 5.43. The number of nitrogens with zero attached hydrogens (tertiary/aromatic N) is 2. The first-order valence-corrected chi connectivity index (χ1v) is 10.8. The van der Waals surface area contributed by atoms with Crippen LogP contribution in [0.15, 0.2) is 23.7 Å². The summed E-state index contributed by atoms with van der Waals surface area (Å²) in [5, 5.41) is 6.58. The molecule has 2 fully saturated rings. The van der Waals surface area contributed by atoms with Gasteiger partial charge in [-0.15, -0.1) is 11.3 Å². The van der Waals surface area contributed by atoms with E-state index in [9.17, 15) is 0 Å². The van der Waals surface area contributed by atoms with Crippen LogP contribution in [0.4, 0.5) is 5.13 Å². The Morgan fingerprint density at radius 3 is 2.89 bits per heavy atom. The third-order valence-corrected chi connectivity index (χ3v) is 6.59. The molecule has 3 atom stereocenters. The predicted octanol–water partition coefficient (Wildman–Crippen LogP) is 2.97. The number of nitrogens with one attached hydrogen (secondary N) is 1. The number of pyridine rings is 1. The summed E-state index contributed by atoms with van der Waals surface area (Å²) >= 11 is 1.66. The Balaban J connectivity index is 1.43. The lowest BCUT2D eigenvalue weighted by molar-refractivity contribution is 0.0699. The van der Waals surface area contributed by atoms with Crippen LogP contribution in [0, 0.1) is 5.92 Å². The summed E-state index contributed by atoms with van der Waals surface area (Å²) in [5.41, 5.74) is 15.6. The van der Waals surface area contributed by atoms with Crippen LogP contribution in [0.2, 0.25) is 0 Å². The van der Waals surface area contributed by atoms with E-state index >= 15 is 0 Å². The van der Waals surface area contributed by atoms with Crippen LogP contribution >= 0.6 is 11.3 Å². The van der Waals surface area contributed by atoms with Gasteiger partial charge in [0.25, 0.3) is 0 Å². The predicted molar refractivity (Wildman–Crippen MR) is 110 cm³/mol. The van der Waals surface area contributed by atoms with Gasteiger partial charge in [0, 0.05) is 60.6 Å². The van der Waals surface area contributed by atoms with Crippen LogP contribution in [0.5, 0.6) is 0 Å². The third-order valence-electron chi connectivity index (χ3n) is 5.79. The second-order valence-electron chi connectivity index (χ2n) is 7.79. The summed E-state index contributed by atoms with van der Waals surface area (Å²) in [6, 6.07) is 4.52. The molecule has 2 aromatic heterocycles. The largest absolute Gasteiger partial charge is 0.381 e. The van der Waals surface area contributed by atoms with E-state index in [1.165, 1.54) is 0 Å². The lowest BCUT2D eigenvalue weighted by Gasteiger charge is -2.32. The molecule has 5 N–H and O–H groups in total. The smallest absolute Gasteiger partial charge is 0.183 e. The number of hydrogen-bond acceptors (Lipinski definition) is 7. The van der Waals surface area contributed by atoms with Gasteiger partial charge in [-0.2, -0.15) is 0 Å². The highest BCUT2D eigenvalue weighted by molar-refractivity contribution is 7.14. The lowest BCUT2D eigenvalue weighted by atomic mass is 9.80. The molecule has 0 bridgehead atoms. The topological polar surface area (TPSA) is 99.1 Å². The van der Waals surface area contributed by atoms with Crippen molar-refractivity contribution in [1.29, 1.82) is 0 Å². The molecule has 1 aliphatic carbocycles. The van der Waals surface area contributed by atoms with Crippen molar-refractivity contribution in [2.24, 2.45) is 17.4 Å². The maximum absolute atomic E-state index is 6.35. The lowest BCUT2D eigenvalue weighted by Crippen LogP contribution is -2.40. The second kappa shape index (κ2) is 8.65. The van der Waals surface area contributed by atoms with Crippen LogP contribution in [-0.4, -0.2) is 41.8 Å². The quantitative estimate of drug-likeness (QED) is 0.729. The summed E-state index contributed by atoms with van der Waals surface area (Å²) in [7, 11) is 0. The first kappa shape index (κ1) is 18.8. The molecular weight excluding hydrogens is 358 g/mol. The van der Waals surface area contributed by atoms with Gasteiger partial charge in [0.15, 0.2) is 5.13 Å². The number of hydrogen-bond donors (Lipinski definition) is 3. The molecule has 1 saturated heterocycles. The average Bonchev–Trinajstić information content (AvgIpc) is 3.18. The van der Waals surface area contributed by atoms with Gasteiger partial charge in [-0.05, 0) is 50.2 Å². The molecule has 0 amide bonds. The number of thiazole rings is 1. The SMILES string of the molecule is NC1CCC(N)C(c2cc(-c3csc(NCC4CCOCC4)n3)ccn2)C1. The molecule has 3 unspecified atom stereocenters. The second-order valence-corrected chi connectivity index (χ2v) is 8.65. The molecule has 7 heteroatoms. The number of ether oxygens (including phenoxy) is 1. The molecule has 0 radical (unpaired) electrons. The molecule has 4 rings (SSSR count). The Labute approximate surface area is 164 Å². The van der Waals surface area contributed by atoms with Crippen molar-refractivity contribution in [3.63, 3.8) is 0 Å².